The number of aromatic nitrogens is 1. The quantitative estimate of drug-likeness (QED) is 0.150. The number of hydrogen-bond donors (Lipinski definition) is 3. The molecule has 2 aliphatic heterocycles. The largest absolute Gasteiger partial charge is 0.497 e. The maximum Gasteiger partial charge on any atom is 0.411 e. The number of ether oxygens (including phenoxy) is 4. The smallest absolute Gasteiger partial charge is 0.411 e. The molecule has 7 rings (SSSR count). The molecule has 4 aliphatic rings. The second-order valence-corrected chi connectivity index (χ2v) is 22.2. The molecule has 16 nitrogen and oxygen atoms in total. The van der Waals surface area contributed by atoms with Gasteiger partial charge in [-0.25, -0.2) is 18.2 Å². The summed E-state index contributed by atoms with van der Waals surface area (Å²) in [5, 5.41) is 14.4. The van der Waals surface area contributed by atoms with Crippen molar-refractivity contribution in [3.8, 4) is 34.4 Å². The van der Waals surface area contributed by atoms with E-state index in [1.807, 2.05) is 20.8 Å². The summed E-state index contributed by atoms with van der Waals surface area (Å²) in [6.45, 7) is 9.63. The summed E-state index contributed by atoms with van der Waals surface area (Å²) in [6.07, 6.45) is -3.30. The zero-order chi connectivity index (χ0) is 50.6. The fourth-order valence-electron chi connectivity index (χ4n) is 9.56. The summed E-state index contributed by atoms with van der Waals surface area (Å²) in [4.78, 5) is 63.7. The number of sulfonamides is 1. The third kappa shape index (κ3) is 10.00. The summed E-state index contributed by atoms with van der Waals surface area (Å²) in [7, 11) is -1.18. The molecule has 1 saturated heterocycles. The lowest BCUT2D eigenvalue weighted by Gasteiger charge is -2.45. The van der Waals surface area contributed by atoms with Gasteiger partial charge in [0.25, 0.3) is 5.91 Å². The Labute approximate surface area is 400 Å². The Morgan fingerprint density at radius 2 is 1.67 bits per heavy atom. The maximum atomic E-state index is 15.3. The molecule has 1 aromatic heterocycles. The number of rotatable bonds is 12. The highest BCUT2D eigenvalue weighted by Crippen LogP contribution is 2.49. The Balaban J connectivity index is 1.34. The highest BCUT2D eigenvalue weighted by molar-refractivity contribution is 7.91. The molecule has 20 heteroatoms. The topological polar surface area (TPSA) is 203 Å². The van der Waals surface area contributed by atoms with Gasteiger partial charge in [0.1, 0.15) is 46.5 Å². The molecule has 7 atom stereocenters. The minimum absolute atomic E-state index is 0.0221. The average Bonchev–Trinajstić information content (AvgIpc) is 4.15. The molecular formula is C49H62F3N5O11S. The monoisotopic (exact) mass is 985 g/mol. The third-order valence-corrected chi connectivity index (χ3v) is 16.3. The zero-order valence-electron chi connectivity index (χ0n) is 40.3. The number of carbonyl (C=O) groups excluding carboxylic acids is 3. The number of alkyl halides is 3. The zero-order valence-corrected chi connectivity index (χ0v) is 41.1. The van der Waals surface area contributed by atoms with Crippen molar-refractivity contribution in [2.75, 3.05) is 20.8 Å². The van der Waals surface area contributed by atoms with Gasteiger partial charge in [0.05, 0.1) is 31.6 Å². The van der Waals surface area contributed by atoms with Crippen LogP contribution in [0, 0.1) is 17.8 Å². The average molecular weight is 986 g/mol. The lowest BCUT2D eigenvalue weighted by molar-refractivity contribution is -0.222. The molecule has 3 heterocycles. The van der Waals surface area contributed by atoms with Gasteiger partial charge in [-0.05, 0) is 127 Å². The van der Waals surface area contributed by atoms with E-state index in [0.717, 1.165) is 4.90 Å². The highest BCUT2D eigenvalue weighted by Gasteiger charge is 2.64. The van der Waals surface area contributed by atoms with Gasteiger partial charge in [-0.3, -0.25) is 24.0 Å². The number of nitrogens with zero attached hydrogens (tertiary/aromatic N) is 3. The Morgan fingerprint density at radius 1 is 1.00 bits per heavy atom. The van der Waals surface area contributed by atoms with Crippen LogP contribution in [0.5, 0.6) is 23.1 Å². The van der Waals surface area contributed by atoms with Crippen molar-refractivity contribution in [1.29, 1.82) is 0 Å². The predicted octanol–water partition coefficient (Wildman–Crippen LogP) is 7.63. The van der Waals surface area contributed by atoms with E-state index in [2.05, 4.69) is 10.0 Å². The number of halogens is 3. The molecule has 2 aliphatic carbocycles. The van der Waals surface area contributed by atoms with Gasteiger partial charge in [0.15, 0.2) is 5.75 Å². The van der Waals surface area contributed by atoms with Gasteiger partial charge in [0, 0.05) is 28.7 Å². The van der Waals surface area contributed by atoms with Gasteiger partial charge >= 0.3 is 12.3 Å². The molecule has 2 saturated carbocycles. The van der Waals surface area contributed by atoms with E-state index in [1.54, 1.807) is 54.6 Å². The van der Waals surface area contributed by atoms with Crippen LogP contribution in [0.3, 0.4) is 0 Å². The molecule has 0 radical (unpaired) electrons. The molecule has 3 fully saturated rings. The Bertz CT molecular complexity index is 2620. The first kappa shape index (κ1) is 51.1. The molecule has 4 amide bonds. The van der Waals surface area contributed by atoms with Crippen LogP contribution in [0.1, 0.15) is 93.4 Å². The van der Waals surface area contributed by atoms with Crippen LogP contribution in [0.25, 0.3) is 22.0 Å². The normalized spacial score (nSPS) is 26.7. The fraction of sp³-hybridized carbons (Fsp3) is 0.571. The van der Waals surface area contributed by atoms with Gasteiger partial charge in [-0.15, -0.1) is 0 Å². The van der Waals surface area contributed by atoms with Crippen LogP contribution in [-0.4, -0.2) is 119 Å². The van der Waals surface area contributed by atoms with Crippen LogP contribution in [0.15, 0.2) is 54.6 Å². The van der Waals surface area contributed by atoms with E-state index >= 15 is 4.79 Å². The first-order chi connectivity index (χ1) is 32.3. The molecule has 69 heavy (non-hydrogen) atoms. The van der Waals surface area contributed by atoms with Crippen LogP contribution < -0.4 is 29.0 Å². The number of hydrogen-bond acceptors (Lipinski definition) is 11. The number of benzene rings is 2. The lowest BCUT2D eigenvalue weighted by Crippen LogP contribution is -2.66. The SMILES string of the molecule is COc1ccc2c(O[C@@H]3C[C@H]4C(=O)N[C@]5(C(=O)NS(=O)(=O)C6(C)CC6)C[C@H]5/C=C\CC[C@@H](C)C[C@@H](C)[C@H](N(C(=O)O)C(C)(C)C(F)(F)F)C(=O)N4C3)nc(-c3ccc(OC(C)C)cc3)c(OC)c2c1. The summed E-state index contributed by atoms with van der Waals surface area (Å²) in [5.41, 5.74) is -3.89. The van der Waals surface area contributed by atoms with Crippen molar-refractivity contribution >= 4 is 44.6 Å². The van der Waals surface area contributed by atoms with Crippen molar-refractivity contribution in [3.05, 3.63) is 54.6 Å². The number of pyridine rings is 1. The van der Waals surface area contributed by atoms with Crippen molar-refractivity contribution in [1.82, 2.24) is 24.8 Å². The minimum Gasteiger partial charge on any atom is -0.497 e. The van der Waals surface area contributed by atoms with Gasteiger partial charge < -0.3 is 34.3 Å². The van der Waals surface area contributed by atoms with Crippen LogP contribution in [-0.2, 0) is 24.4 Å². The van der Waals surface area contributed by atoms with Crippen molar-refractivity contribution < 1.29 is 64.8 Å². The second kappa shape index (κ2) is 18.8. The summed E-state index contributed by atoms with van der Waals surface area (Å²) >= 11 is 0. The number of fused-ring (bicyclic) bond motifs is 3. The van der Waals surface area contributed by atoms with E-state index in [4.69, 9.17) is 23.9 Å². The standard InChI is InChI=1S/C49H62F3N5O11S/c1-27(2)67-32-16-14-30(15-17-32)38-40(66-9)36-23-33(65-8)18-19-35(36)42(53-38)68-34-24-37-41(58)54-48(44(60)55-69(63,64)47(7)20-21-47)25-31(48)13-11-10-12-28(3)22-29(4)39(43(59)56(37)26-34)57(45(61)62)46(5,6)49(50,51)52/h11,13-19,23,27-29,31,34,37,39H,10,12,20-22,24-26H2,1-9H3,(H,54,58)(H,55,60)(H,61,62)/b13-11-/t28-,29-,31-,34-,37+,39+,48-/m1/s1. The molecular weight excluding hydrogens is 924 g/mol. The number of methoxy groups -OCH3 is 2. The highest BCUT2D eigenvalue weighted by atomic mass is 32.2. The first-order valence-electron chi connectivity index (χ1n) is 23.2. The minimum atomic E-state index is -5.13. The van der Waals surface area contributed by atoms with E-state index in [-0.39, 0.29) is 42.1 Å². The lowest BCUT2D eigenvalue weighted by atomic mass is 9.85. The predicted molar refractivity (Wildman–Crippen MR) is 249 cm³/mol. The van der Waals surface area contributed by atoms with E-state index in [9.17, 15) is 41.1 Å². The number of carboxylic acid groups (broad SMARTS) is 1. The summed E-state index contributed by atoms with van der Waals surface area (Å²) < 4.78 is 96.6. The molecule has 0 bridgehead atoms. The Morgan fingerprint density at radius 3 is 2.26 bits per heavy atom. The van der Waals surface area contributed by atoms with Crippen molar-refractivity contribution in [3.63, 3.8) is 0 Å². The maximum absolute atomic E-state index is 15.3. The molecule has 2 aromatic carbocycles. The van der Waals surface area contributed by atoms with E-state index in [0.29, 0.717) is 78.8 Å². The van der Waals surface area contributed by atoms with Gasteiger partial charge in [0.2, 0.25) is 27.7 Å². The Kier molecular flexibility index (Phi) is 13.9. The number of amides is 4. The fourth-order valence-corrected chi connectivity index (χ4v) is 10.9. The van der Waals surface area contributed by atoms with Crippen LogP contribution in [0.2, 0.25) is 0 Å². The molecule has 3 N–H and O–H groups in total. The van der Waals surface area contributed by atoms with Crippen molar-refractivity contribution in [2.45, 2.75) is 140 Å². The first-order valence-corrected chi connectivity index (χ1v) is 24.7. The number of allylic oxidation sites excluding steroid dienone is 1. The number of carbonyl (C=O) groups is 4. The second-order valence-electron chi connectivity index (χ2n) is 20.0. The van der Waals surface area contributed by atoms with Crippen LogP contribution >= 0.6 is 0 Å². The van der Waals surface area contributed by atoms with Crippen LogP contribution in [0.4, 0.5) is 18.0 Å². The van der Waals surface area contributed by atoms with E-state index < -0.39 is 92.4 Å². The third-order valence-electron chi connectivity index (χ3n) is 14.1. The molecule has 0 unspecified atom stereocenters. The summed E-state index contributed by atoms with van der Waals surface area (Å²) in [5.74, 6) is -3.32. The van der Waals surface area contributed by atoms with Gasteiger partial charge in [-0.1, -0.05) is 26.0 Å². The van der Waals surface area contributed by atoms with Crippen molar-refractivity contribution in [2.24, 2.45) is 17.8 Å². The van der Waals surface area contributed by atoms with E-state index in [1.165, 1.54) is 28.1 Å². The summed E-state index contributed by atoms with van der Waals surface area (Å²) in [6, 6.07) is 8.71. The Hall–Kier alpha value is -5.79. The molecule has 0 spiro atoms. The molecule has 376 valence electrons. The number of nitrogens with one attached hydrogen (secondary N) is 2. The van der Waals surface area contributed by atoms with Gasteiger partial charge in [-0.2, -0.15) is 13.2 Å². The molecule has 3 aromatic rings.